The molecular formula is C27H36ClN5O3. The average molecular weight is 514 g/mol. The van der Waals surface area contributed by atoms with Crippen LogP contribution in [0, 0.1) is 5.92 Å². The molecule has 36 heavy (non-hydrogen) atoms. The number of hydrogen-bond acceptors (Lipinski definition) is 6. The molecule has 0 aromatic heterocycles. The number of amidine groups is 1. The van der Waals surface area contributed by atoms with Crippen LogP contribution in [0.15, 0.2) is 52.2 Å². The molecule has 1 saturated heterocycles. The number of rotatable bonds is 11. The number of aliphatic hydroxyl groups is 1. The minimum atomic E-state index is -0.582. The number of nitrogens with zero attached hydrogens (tertiary/aromatic N) is 4. The Kier molecular flexibility index (Phi) is 8.05. The first-order valence-corrected chi connectivity index (χ1v) is 13.0. The highest BCUT2D eigenvalue weighted by atomic mass is 35.5. The molecular weight excluding hydrogens is 478 g/mol. The topological polar surface area (TPSA) is 88.5 Å². The van der Waals surface area contributed by atoms with Crippen molar-refractivity contribution < 1.29 is 14.7 Å². The first kappa shape index (κ1) is 26.2. The van der Waals surface area contributed by atoms with E-state index >= 15 is 0 Å². The second-order valence-electron chi connectivity index (χ2n) is 9.99. The number of amides is 3. The van der Waals surface area contributed by atoms with Crippen molar-refractivity contribution in [3.63, 3.8) is 0 Å². The lowest BCUT2D eigenvalue weighted by atomic mass is 10.1. The molecule has 194 valence electrons. The molecule has 0 spiro atoms. The normalized spacial score (nSPS) is 23.2. The van der Waals surface area contributed by atoms with Gasteiger partial charge in [0, 0.05) is 50.7 Å². The standard InChI is InChI=1S/C27H36ClN5O3/c1-17(2)14-29-15-22-18(3)21(22)10-11-23-30-25-24(33(23)16-19-6-8-20(28)9-7-19)26(35)32(12-5-13-34)27(36)31(25)4/h6-9,14,18,24-25,29,34H,5,10-13,15-16H2,1-4H3/t18-,24?,25?/m0/s1. The van der Waals surface area contributed by atoms with Crippen molar-refractivity contribution in [1.82, 2.24) is 20.0 Å². The first-order valence-electron chi connectivity index (χ1n) is 12.6. The number of nitrogens with one attached hydrogen (secondary N) is 1. The number of aliphatic imine (C=N–C) groups is 1. The van der Waals surface area contributed by atoms with E-state index in [1.165, 1.54) is 21.6 Å². The van der Waals surface area contributed by atoms with E-state index < -0.39 is 12.2 Å². The number of halogens is 1. The average Bonchev–Trinajstić information content (AvgIpc) is 3.30. The van der Waals surface area contributed by atoms with Crippen LogP contribution in [0.4, 0.5) is 4.79 Å². The molecule has 9 heteroatoms. The number of likely N-dealkylation sites (N-methyl/N-ethyl adjacent to an activating group) is 1. The zero-order valence-electron chi connectivity index (χ0n) is 21.5. The monoisotopic (exact) mass is 513 g/mol. The number of urea groups is 1. The van der Waals surface area contributed by atoms with Gasteiger partial charge in [-0.05, 0) is 56.2 Å². The van der Waals surface area contributed by atoms with Gasteiger partial charge in [0.2, 0.25) is 0 Å². The maximum atomic E-state index is 13.5. The Morgan fingerprint density at radius 2 is 1.89 bits per heavy atom. The van der Waals surface area contributed by atoms with Gasteiger partial charge in [0.05, 0.1) is 0 Å². The zero-order valence-corrected chi connectivity index (χ0v) is 22.3. The number of carbonyl (C=O) groups is 2. The van der Waals surface area contributed by atoms with Crippen LogP contribution in [-0.4, -0.2) is 76.5 Å². The highest BCUT2D eigenvalue weighted by molar-refractivity contribution is 6.30. The number of imide groups is 1. The smallest absolute Gasteiger partial charge is 0.328 e. The Hall–Kier alpha value is -2.84. The van der Waals surface area contributed by atoms with Crippen molar-refractivity contribution in [2.45, 2.75) is 58.8 Å². The largest absolute Gasteiger partial charge is 0.396 e. The van der Waals surface area contributed by atoms with Crippen LogP contribution in [0.25, 0.3) is 0 Å². The van der Waals surface area contributed by atoms with Crippen molar-refractivity contribution in [3.05, 3.63) is 57.8 Å². The van der Waals surface area contributed by atoms with E-state index in [1.54, 1.807) is 11.9 Å². The second kappa shape index (κ2) is 11.0. The number of hydrogen-bond donors (Lipinski definition) is 2. The molecule has 1 fully saturated rings. The number of carbonyl (C=O) groups excluding carboxylic acids is 2. The van der Waals surface area contributed by atoms with Gasteiger partial charge in [0.15, 0.2) is 12.2 Å². The molecule has 0 radical (unpaired) electrons. The summed E-state index contributed by atoms with van der Waals surface area (Å²) in [5, 5.41) is 13.3. The van der Waals surface area contributed by atoms with E-state index in [0.717, 1.165) is 24.4 Å². The fourth-order valence-electron chi connectivity index (χ4n) is 5.07. The van der Waals surface area contributed by atoms with E-state index in [4.69, 9.17) is 16.6 Å². The fraction of sp³-hybridized carbons (Fsp3) is 0.519. The first-order chi connectivity index (χ1) is 17.2. The molecule has 4 rings (SSSR count). The predicted octanol–water partition coefficient (Wildman–Crippen LogP) is 3.77. The summed E-state index contributed by atoms with van der Waals surface area (Å²) >= 11 is 6.09. The van der Waals surface area contributed by atoms with Crippen molar-refractivity contribution in [2.24, 2.45) is 10.9 Å². The summed E-state index contributed by atoms with van der Waals surface area (Å²) in [6.45, 7) is 7.83. The molecule has 1 aromatic carbocycles. The van der Waals surface area contributed by atoms with E-state index in [2.05, 4.69) is 31.0 Å². The molecule has 2 aliphatic heterocycles. The summed E-state index contributed by atoms with van der Waals surface area (Å²) in [4.78, 5) is 36.2. The number of aliphatic hydroxyl groups excluding tert-OH is 1. The van der Waals surface area contributed by atoms with E-state index in [1.807, 2.05) is 30.5 Å². The summed E-state index contributed by atoms with van der Waals surface area (Å²) in [5.74, 6) is 1.08. The van der Waals surface area contributed by atoms with Gasteiger partial charge in [-0.1, -0.05) is 41.8 Å². The Bertz CT molecular complexity index is 1090. The van der Waals surface area contributed by atoms with Gasteiger partial charge in [-0.25, -0.2) is 9.79 Å². The molecule has 8 nitrogen and oxygen atoms in total. The molecule has 2 heterocycles. The third-order valence-corrected chi connectivity index (χ3v) is 7.41. The molecule has 0 saturated carbocycles. The minimum absolute atomic E-state index is 0.0801. The van der Waals surface area contributed by atoms with Crippen LogP contribution >= 0.6 is 11.6 Å². The van der Waals surface area contributed by atoms with Crippen molar-refractivity contribution in [1.29, 1.82) is 0 Å². The summed E-state index contributed by atoms with van der Waals surface area (Å²) in [6, 6.07) is 6.65. The Morgan fingerprint density at radius 3 is 2.56 bits per heavy atom. The molecule has 0 bridgehead atoms. The van der Waals surface area contributed by atoms with Gasteiger partial charge >= 0.3 is 6.03 Å². The third-order valence-electron chi connectivity index (χ3n) is 7.16. The molecule has 3 aliphatic rings. The van der Waals surface area contributed by atoms with Crippen LogP contribution in [0.3, 0.4) is 0 Å². The van der Waals surface area contributed by atoms with E-state index in [9.17, 15) is 14.7 Å². The quantitative estimate of drug-likeness (QED) is 0.440. The van der Waals surface area contributed by atoms with Gasteiger partial charge in [0.1, 0.15) is 5.84 Å². The molecule has 2 unspecified atom stereocenters. The Labute approximate surface area is 218 Å². The van der Waals surface area contributed by atoms with Crippen LogP contribution in [0.2, 0.25) is 5.02 Å². The third kappa shape index (κ3) is 5.44. The van der Waals surface area contributed by atoms with Crippen LogP contribution in [0.1, 0.15) is 45.6 Å². The molecule has 1 aromatic rings. The highest BCUT2D eigenvalue weighted by Crippen LogP contribution is 2.42. The predicted molar refractivity (Wildman–Crippen MR) is 141 cm³/mol. The van der Waals surface area contributed by atoms with Crippen LogP contribution in [-0.2, 0) is 11.3 Å². The van der Waals surface area contributed by atoms with Crippen molar-refractivity contribution >= 4 is 29.4 Å². The minimum Gasteiger partial charge on any atom is -0.396 e. The van der Waals surface area contributed by atoms with Crippen LogP contribution in [0.5, 0.6) is 0 Å². The Balaban J connectivity index is 1.55. The number of fused-ring (bicyclic) bond motifs is 1. The van der Waals surface area contributed by atoms with Gasteiger partial charge < -0.3 is 20.2 Å². The SMILES string of the molecule is CC(C)=CNCC1=C(CCC2=NC3C(C(=O)N(CCCO)C(=O)N3C)N2Cc2ccc(Cl)cc2)[C@@H]1C. The summed E-state index contributed by atoms with van der Waals surface area (Å²) in [5.41, 5.74) is 5.13. The lowest BCUT2D eigenvalue weighted by Crippen LogP contribution is -2.65. The van der Waals surface area contributed by atoms with Crippen LogP contribution < -0.4 is 5.32 Å². The van der Waals surface area contributed by atoms with Gasteiger partial charge in [-0.2, -0.15) is 0 Å². The van der Waals surface area contributed by atoms with Gasteiger partial charge in [-0.15, -0.1) is 0 Å². The lowest BCUT2D eigenvalue weighted by Gasteiger charge is -2.41. The summed E-state index contributed by atoms with van der Waals surface area (Å²) in [6.07, 6.45) is 3.42. The molecule has 1 aliphatic carbocycles. The van der Waals surface area contributed by atoms with Gasteiger partial charge in [0.25, 0.3) is 5.91 Å². The second-order valence-corrected chi connectivity index (χ2v) is 10.4. The van der Waals surface area contributed by atoms with Crippen molar-refractivity contribution in [2.75, 3.05) is 26.7 Å². The summed E-state index contributed by atoms with van der Waals surface area (Å²) in [7, 11) is 1.70. The molecule has 3 atom stereocenters. The Morgan fingerprint density at radius 1 is 1.17 bits per heavy atom. The maximum absolute atomic E-state index is 13.5. The molecule has 2 N–H and O–H groups in total. The van der Waals surface area contributed by atoms with Crippen molar-refractivity contribution in [3.8, 4) is 0 Å². The maximum Gasteiger partial charge on any atom is 0.328 e. The lowest BCUT2D eigenvalue weighted by molar-refractivity contribution is -0.137. The van der Waals surface area contributed by atoms with E-state index in [-0.39, 0.29) is 25.1 Å². The highest BCUT2D eigenvalue weighted by Gasteiger charge is 2.51. The number of allylic oxidation sites excluding steroid dienone is 2. The van der Waals surface area contributed by atoms with Gasteiger partial charge in [-0.3, -0.25) is 9.69 Å². The number of benzene rings is 1. The zero-order chi connectivity index (χ0) is 26.0. The summed E-state index contributed by atoms with van der Waals surface area (Å²) < 4.78 is 0. The molecule has 3 amide bonds. The van der Waals surface area contributed by atoms with E-state index in [0.29, 0.717) is 30.3 Å². The fourth-order valence-corrected chi connectivity index (χ4v) is 5.20.